The van der Waals surface area contributed by atoms with Crippen molar-refractivity contribution in [2.75, 3.05) is 5.32 Å². The molecule has 8 heteroatoms. The summed E-state index contributed by atoms with van der Waals surface area (Å²) in [5, 5.41) is 11.6. The summed E-state index contributed by atoms with van der Waals surface area (Å²) in [6.07, 6.45) is 4.61. The summed E-state index contributed by atoms with van der Waals surface area (Å²) in [6, 6.07) is 6.94. The van der Waals surface area contributed by atoms with Crippen LogP contribution >= 0.6 is 0 Å². The van der Waals surface area contributed by atoms with Gasteiger partial charge in [-0.25, -0.2) is 14.6 Å². The van der Waals surface area contributed by atoms with E-state index in [2.05, 4.69) is 46.3 Å². The predicted molar refractivity (Wildman–Crippen MR) is 93.4 cm³/mol. The zero-order valence-corrected chi connectivity index (χ0v) is 14.7. The van der Waals surface area contributed by atoms with E-state index in [0.717, 1.165) is 5.69 Å². The molecule has 1 N–H and O–H groups in total. The normalized spacial score (nSPS) is 12.8. The highest BCUT2D eigenvalue weighted by Gasteiger charge is 2.23. The summed E-state index contributed by atoms with van der Waals surface area (Å²) in [7, 11) is 0. The molecule has 1 atom stereocenters. The standard InChI is InChI=1S/C17H21N7O/c1-12(23-11-18-10-20-23)16(25)21-15-9-13(17(2,3)4)22-24(15)14-7-5-6-8-19-14/h5-12H,1-4H3,(H,21,25)/t12-/m1/s1. The van der Waals surface area contributed by atoms with Gasteiger partial charge in [0, 0.05) is 17.7 Å². The Morgan fingerprint density at radius 3 is 2.68 bits per heavy atom. The van der Waals surface area contributed by atoms with Crippen LogP contribution in [0.4, 0.5) is 5.82 Å². The molecular weight excluding hydrogens is 318 g/mol. The van der Waals surface area contributed by atoms with Crippen molar-refractivity contribution in [2.45, 2.75) is 39.2 Å². The Bertz CT molecular complexity index is 847. The number of nitrogens with one attached hydrogen (secondary N) is 1. The Morgan fingerprint density at radius 2 is 2.08 bits per heavy atom. The van der Waals surface area contributed by atoms with E-state index in [1.54, 1.807) is 17.8 Å². The number of amides is 1. The molecule has 0 bridgehead atoms. The number of hydrogen-bond donors (Lipinski definition) is 1. The number of nitrogens with zero attached hydrogens (tertiary/aromatic N) is 6. The van der Waals surface area contributed by atoms with E-state index in [9.17, 15) is 4.79 Å². The molecule has 0 aliphatic rings. The molecule has 0 aliphatic carbocycles. The second-order valence-corrected chi connectivity index (χ2v) is 6.81. The van der Waals surface area contributed by atoms with Crippen LogP contribution in [0.25, 0.3) is 5.82 Å². The van der Waals surface area contributed by atoms with Gasteiger partial charge in [0.1, 0.15) is 24.5 Å². The van der Waals surface area contributed by atoms with Gasteiger partial charge < -0.3 is 5.32 Å². The molecule has 8 nitrogen and oxygen atoms in total. The summed E-state index contributed by atoms with van der Waals surface area (Å²) in [6.45, 7) is 7.97. The van der Waals surface area contributed by atoms with Crippen molar-refractivity contribution < 1.29 is 4.79 Å². The molecule has 0 aliphatic heterocycles. The van der Waals surface area contributed by atoms with Gasteiger partial charge in [-0.3, -0.25) is 4.79 Å². The molecule has 0 aromatic carbocycles. The average Bonchev–Trinajstić information content (AvgIpc) is 3.24. The highest BCUT2D eigenvalue weighted by Crippen LogP contribution is 2.26. The maximum absolute atomic E-state index is 12.6. The topological polar surface area (TPSA) is 90.5 Å². The molecule has 1 amide bonds. The Hall–Kier alpha value is -3.03. The lowest BCUT2D eigenvalue weighted by atomic mass is 9.92. The van der Waals surface area contributed by atoms with E-state index < -0.39 is 6.04 Å². The van der Waals surface area contributed by atoms with Crippen molar-refractivity contribution in [1.82, 2.24) is 29.5 Å². The molecule has 0 radical (unpaired) electrons. The summed E-state index contributed by atoms with van der Waals surface area (Å²) in [5.41, 5.74) is 0.707. The zero-order valence-electron chi connectivity index (χ0n) is 14.7. The van der Waals surface area contributed by atoms with Gasteiger partial charge in [-0.05, 0) is 19.1 Å². The Kier molecular flexibility index (Phi) is 4.35. The molecule has 3 heterocycles. The Labute approximate surface area is 145 Å². The quantitative estimate of drug-likeness (QED) is 0.788. The number of pyridine rings is 1. The van der Waals surface area contributed by atoms with Crippen molar-refractivity contribution in [3.05, 3.63) is 48.8 Å². The average molecular weight is 339 g/mol. The van der Waals surface area contributed by atoms with Gasteiger partial charge in [0.25, 0.3) is 0 Å². The van der Waals surface area contributed by atoms with Crippen LogP contribution in [0.15, 0.2) is 43.1 Å². The van der Waals surface area contributed by atoms with Crippen LogP contribution in [0.2, 0.25) is 0 Å². The van der Waals surface area contributed by atoms with E-state index in [-0.39, 0.29) is 11.3 Å². The van der Waals surface area contributed by atoms with Gasteiger partial charge >= 0.3 is 0 Å². The summed E-state index contributed by atoms with van der Waals surface area (Å²) in [4.78, 5) is 20.8. The molecule has 0 fully saturated rings. The zero-order chi connectivity index (χ0) is 18.0. The van der Waals surface area contributed by atoms with Crippen LogP contribution in [0, 0.1) is 0 Å². The van der Waals surface area contributed by atoms with Gasteiger partial charge in [0.2, 0.25) is 5.91 Å². The largest absolute Gasteiger partial charge is 0.309 e. The highest BCUT2D eigenvalue weighted by atomic mass is 16.2. The molecule has 3 aromatic rings. The lowest BCUT2D eigenvalue weighted by Gasteiger charge is -2.13. The lowest BCUT2D eigenvalue weighted by molar-refractivity contribution is -0.119. The molecule has 130 valence electrons. The van der Waals surface area contributed by atoms with Gasteiger partial charge in [0.05, 0.1) is 5.69 Å². The second kappa shape index (κ2) is 6.46. The second-order valence-electron chi connectivity index (χ2n) is 6.81. The van der Waals surface area contributed by atoms with Gasteiger partial charge in [-0.2, -0.15) is 14.9 Å². The molecular formula is C17H21N7O. The van der Waals surface area contributed by atoms with Crippen LogP contribution in [0.1, 0.15) is 39.4 Å². The van der Waals surface area contributed by atoms with Gasteiger partial charge in [0.15, 0.2) is 5.82 Å². The minimum atomic E-state index is -0.493. The number of carbonyl (C=O) groups is 1. The SMILES string of the molecule is C[C@H](C(=O)Nc1cc(C(C)(C)C)nn1-c1ccccn1)n1cncn1. The first-order valence-corrected chi connectivity index (χ1v) is 8.03. The fourth-order valence-electron chi connectivity index (χ4n) is 2.26. The monoisotopic (exact) mass is 339 g/mol. The first-order chi connectivity index (χ1) is 11.9. The Balaban J connectivity index is 1.94. The van der Waals surface area contributed by atoms with Crippen molar-refractivity contribution >= 4 is 11.7 Å². The van der Waals surface area contributed by atoms with Crippen LogP contribution in [-0.4, -0.2) is 35.4 Å². The molecule has 0 saturated heterocycles. The third-order valence-electron chi connectivity index (χ3n) is 3.81. The predicted octanol–water partition coefficient (Wildman–Crippen LogP) is 2.36. The number of aromatic nitrogens is 6. The summed E-state index contributed by atoms with van der Waals surface area (Å²) < 4.78 is 3.15. The van der Waals surface area contributed by atoms with E-state index in [4.69, 9.17) is 0 Å². The number of hydrogen-bond acceptors (Lipinski definition) is 5. The minimum absolute atomic E-state index is 0.156. The minimum Gasteiger partial charge on any atom is -0.309 e. The summed E-state index contributed by atoms with van der Waals surface area (Å²) in [5.74, 6) is 1.00. The maximum atomic E-state index is 12.6. The van der Waals surface area contributed by atoms with Crippen LogP contribution in [0.5, 0.6) is 0 Å². The molecule has 0 spiro atoms. The smallest absolute Gasteiger partial charge is 0.250 e. The first kappa shape index (κ1) is 16.8. The molecule has 3 aromatic heterocycles. The molecule has 3 rings (SSSR count). The van der Waals surface area contributed by atoms with E-state index in [1.807, 2.05) is 24.3 Å². The third-order valence-corrected chi connectivity index (χ3v) is 3.81. The Morgan fingerprint density at radius 1 is 1.28 bits per heavy atom. The van der Waals surface area contributed by atoms with Gasteiger partial charge in [-0.15, -0.1) is 0 Å². The third kappa shape index (κ3) is 3.57. The van der Waals surface area contributed by atoms with Crippen LogP contribution in [0.3, 0.4) is 0 Å². The van der Waals surface area contributed by atoms with Gasteiger partial charge in [-0.1, -0.05) is 26.8 Å². The molecule has 0 unspecified atom stereocenters. The maximum Gasteiger partial charge on any atom is 0.250 e. The fraction of sp³-hybridized carbons (Fsp3) is 0.353. The first-order valence-electron chi connectivity index (χ1n) is 8.03. The lowest BCUT2D eigenvalue weighted by Crippen LogP contribution is -2.25. The van der Waals surface area contributed by atoms with E-state index in [0.29, 0.717) is 11.6 Å². The van der Waals surface area contributed by atoms with Crippen LogP contribution < -0.4 is 5.32 Å². The number of rotatable bonds is 4. The molecule has 0 saturated carbocycles. The van der Waals surface area contributed by atoms with Crippen LogP contribution in [-0.2, 0) is 10.2 Å². The number of anilines is 1. The highest BCUT2D eigenvalue weighted by molar-refractivity contribution is 5.92. The summed E-state index contributed by atoms with van der Waals surface area (Å²) >= 11 is 0. The van der Waals surface area contributed by atoms with E-state index >= 15 is 0 Å². The van der Waals surface area contributed by atoms with Crippen molar-refractivity contribution in [1.29, 1.82) is 0 Å². The molecule has 25 heavy (non-hydrogen) atoms. The van der Waals surface area contributed by atoms with Crippen molar-refractivity contribution in [2.24, 2.45) is 0 Å². The van der Waals surface area contributed by atoms with Crippen molar-refractivity contribution in [3.63, 3.8) is 0 Å². The fourth-order valence-corrected chi connectivity index (χ4v) is 2.26. The number of carbonyl (C=O) groups excluding carboxylic acids is 1. The van der Waals surface area contributed by atoms with Crippen molar-refractivity contribution in [3.8, 4) is 5.82 Å². The van der Waals surface area contributed by atoms with E-state index in [1.165, 1.54) is 17.3 Å².